The summed E-state index contributed by atoms with van der Waals surface area (Å²) in [5.41, 5.74) is -0.307. The number of ether oxygens (including phenoxy) is 2. The summed E-state index contributed by atoms with van der Waals surface area (Å²) < 4.78 is 49.1. The number of alkyl halides is 3. The highest BCUT2D eigenvalue weighted by Gasteiger charge is 2.37. The molecular weight excluding hydrogens is 389 g/mol. The molecule has 3 rings (SSSR count). The zero-order valence-electron chi connectivity index (χ0n) is 15.7. The van der Waals surface area contributed by atoms with E-state index >= 15 is 0 Å². The van der Waals surface area contributed by atoms with Crippen LogP contribution < -0.4 is 19.7 Å². The summed E-state index contributed by atoms with van der Waals surface area (Å²) in [7, 11) is 2.95. The van der Waals surface area contributed by atoms with Crippen molar-refractivity contribution in [2.45, 2.75) is 12.6 Å². The minimum Gasteiger partial charge on any atom is -0.497 e. The Morgan fingerprint density at radius 1 is 1.10 bits per heavy atom. The molecule has 0 aromatic heterocycles. The van der Waals surface area contributed by atoms with Crippen molar-refractivity contribution in [3.8, 4) is 11.5 Å². The number of nitrogens with zero attached hydrogens (tertiary/aromatic N) is 1. The Morgan fingerprint density at radius 3 is 2.34 bits per heavy atom. The van der Waals surface area contributed by atoms with E-state index in [1.807, 2.05) is 0 Å². The Bertz CT molecular complexity index is 908. The highest BCUT2D eigenvalue weighted by atomic mass is 19.4. The lowest BCUT2D eigenvalue weighted by atomic mass is 10.1. The number of anilines is 2. The molecule has 1 aliphatic heterocycles. The van der Waals surface area contributed by atoms with Gasteiger partial charge >= 0.3 is 6.18 Å². The first kappa shape index (κ1) is 20.5. The molecule has 2 amide bonds. The first-order chi connectivity index (χ1) is 13.7. The van der Waals surface area contributed by atoms with Crippen molar-refractivity contribution in [1.29, 1.82) is 0 Å². The van der Waals surface area contributed by atoms with Gasteiger partial charge in [-0.2, -0.15) is 13.2 Å². The third-order valence-electron chi connectivity index (χ3n) is 4.60. The predicted molar refractivity (Wildman–Crippen MR) is 100 cm³/mol. The fourth-order valence-electron chi connectivity index (χ4n) is 3.11. The third kappa shape index (κ3) is 4.61. The van der Waals surface area contributed by atoms with Gasteiger partial charge in [-0.25, -0.2) is 0 Å². The van der Waals surface area contributed by atoms with Crippen LogP contribution in [-0.4, -0.2) is 32.6 Å². The quantitative estimate of drug-likeness (QED) is 0.819. The molecule has 1 fully saturated rings. The van der Waals surface area contributed by atoms with Crippen molar-refractivity contribution in [1.82, 2.24) is 0 Å². The summed E-state index contributed by atoms with van der Waals surface area (Å²) in [6.45, 7) is -0.00686. The molecule has 0 spiro atoms. The average molecular weight is 408 g/mol. The molecule has 1 heterocycles. The topological polar surface area (TPSA) is 67.9 Å². The molecule has 0 bridgehead atoms. The van der Waals surface area contributed by atoms with E-state index in [-0.39, 0.29) is 18.7 Å². The van der Waals surface area contributed by atoms with Crippen LogP contribution in [0.25, 0.3) is 0 Å². The molecule has 2 aromatic carbocycles. The maximum atomic E-state index is 12.9. The Balaban J connectivity index is 1.74. The first-order valence-corrected chi connectivity index (χ1v) is 8.73. The van der Waals surface area contributed by atoms with Crippen molar-refractivity contribution in [2.75, 3.05) is 31.0 Å². The van der Waals surface area contributed by atoms with Gasteiger partial charge in [-0.15, -0.1) is 0 Å². The number of nitrogens with one attached hydrogen (secondary N) is 1. The van der Waals surface area contributed by atoms with E-state index in [4.69, 9.17) is 9.47 Å². The van der Waals surface area contributed by atoms with E-state index in [1.54, 1.807) is 18.2 Å². The standard InChI is InChI=1S/C20H19F3N2O4/c1-28-16-8-14(9-17(10-16)29-2)24-19(27)12-6-18(26)25(11-12)15-5-3-4-13(7-15)20(21,22)23/h3-5,7-10,12H,6,11H2,1-2H3,(H,24,27)/t12-/m1/s1. The fourth-order valence-corrected chi connectivity index (χ4v) is 3.11. The van der Waals surface area contributed by atoms with E-state index < -0.39 is 29.5 Å². The van der Waals surface area contributed by atoms with Crippen molar-refractivity contribution in [3.63, 3.8) is 0 Å². The summed E-state index contributed by atoms with van der Waals surface area (Å²) in [5, 5.41) is 2.70. The maximum Gasteiger partial charge on any atom is 0.416 e. The van der Waals surface area contributed by atoms with E-state index in [0.29, 0.717) is 17.2 Å². The highest BCUT2D eigenvalue weighted by Crippen LogP contribution is 2.34. The number of methoxy groups -OCH3 is 2. The fraction of sp³-hybridized carbons (Fsp3) is 0.300. The first-order valence-electron chi connectivity index (χ1n) is 8.73. The molecule has 9 heteroatoms. The van der Waals surface area contributed by atoms with Crippen LogP contribution in [-0.2, 0) is 15.8 Å². The van der Waals surface area contributed by atoms with Gasteiger partial charge in [-0.3, -0.25) is 9.59 Å². The molecule has 6 nitrogen and oxygen atoms in total. The van der Waals surface area contributed by atoms with Crippen LogP contribution in [0.15, 0.2) is 42.5 Å². The van der Waals surface area contributed by atoms with Gasteiger partial charge in [0.2, 0.25) is 11.8 Å². The van der Waals surface area contributed by atoms with Gasteiger partial charge in [-0.05, 0) is 18.2 Å². The van der Waals surface area contributed by atoms with Crippen LogP contribution >= 0.6 is 0 Å². The lowest BCUT2D eigenvalue weighted by Gasteiger charge is -2.18. The minimum atomic E-state index is -4.51. The molecule has 0 saturated carbocycles. The molecule has 1 saturated heterocycles. The number of carbonyl (C=O) groups is 2. The van der Waals surface area contributed by atoms with Gasteiger partial charge < -0.3 is 19.7 Å². The third-order valence-corrected chi connectivity index (χ3v) is 4.60. The summed E-state index contributed by atoms with van der Waals surface area (Å²) in [6, 6.07) is 9.34. The van der Waals surface area contributed by atoms with Gasteiger partial charge in [0.15, 0.2) is 0 Å². The summed E-state index contributed by atoms with van der Waals surface area (Å²) in [6.07, 6.45) is -4.61. The minimum absolute atomic E-state index is 0.00686. The van der Waals surface area contributed by atoms with Crippen LogP contribution in [0.3, 0.4) is 0 Å². The van der Waals surface area contributed by atoms with Crippen LogP contribution in [0.4, 0.5) is 24.5 Å². The van der Waals surface area contributed by atoms with E-state index in [9.17, 15) is 22.8 Å². The smallest absolute Gasteiger partial charge is 0.416 e. The summed E-state index contributed by atoms with van der Waals surface area (Å²) in [4.78, 5) is 26.1. The van der Waals surface area contributed by atoms with Gasteiger partial charge in [0.05, 0.1) is 25.7 Å². The molecule has 0 radical (unpaired) electrons. The normalized spacial score (nSPS) is 16.7. The number of carbonyl (C=O) groups excluding carboxylic acids is 2. The number of benzene rings is 2. The molecule has 1 atom stereocenters. The Kier molecular flexibility index (Phi) is 5.67. The second-order valence-electron chi connectivity index (χ2n) is 6.54. The molecule has 29 heavy (non-hydrogen) atoms. The monoisotopic (exact) mass is 408 g/mol. The van der Waals surface area contributed by atoms with Crippen molar-refractivity contribution in [2.24, 2.45) is 5.92 Å². The SMILES string of the molecule is COc1cc(NC(=O)[C@@H]2CC(=O)N(c3cccc(C(F)(F)F)c3)C2)cc(OC)c1. The molecule has 1 aliphatic rings. The second-order valence-corrected chi connectivity index (χ2v) is 6.54. The maximum absolute atomic E-state index is 12.9. The van der Waals surface area contributed by atoms with Gasteiger partial charge in [0.25, 0.3) is 0 Å². The molecular formula is C20H19F3N2O4. The van der Waals surface area contributed by atoms with Crippen LogP contribution in [0, 0.1) is 5.92 Å². The predicted octanol–water partition coefficient (Wildman–Crippen LogP) is 3.71. The molecule has 0 aliphatic carbocycles. The summed E-state index contributed by atoms with van der Waals surface area (Å²) in [5.74, 6) is -0.564. The number of rotatable bonds is 5. The van der Waals surface area contributed by atoms with E-state index in [2.05, 4.69) is 5.32 Å². The lowest BCUT2D eigenvalue weighted by Crippen LogP contribution is -2.28. The molecule has 0 unspecified atom stereocenters. The average Bonchev–Trinajstić information content (AvgIpc) is 3.09. The number of amides is 2. The molecule has 154 valence electrons. The van der Waals surface area contributed by atoms with E-state index in [0.717, 1.165) is 12.1 Å². The van der Waals surface area contributed by atoms with Crippen LogP contribution in [0.5, 0.6) is 11.5 Å². The van der Waals surface area contributed by atoms with Gasteiger partial charge in [0.1, 0.15) is 11.5 Å². The molecule has 2 aromatic rings. The van der Waals surface area contributed by atoms with Crippen molar-refractivity contribution >= 4 is 23.2 Å². The van der Waals surface area contributed by atoms with Crippen molar-refractivity contribution < 1.29 is 32.2 Å². The van der Waals surface area contributed by atoms with Crippen LogP contribution in [0.1, 0.15) is 12.0 Å². The Morgan fingerprint density at radius 2 is 1.76 bits per heavy atom. The highest BCUT2D eigenvalue weighted by molar-refractivity contribution is 6.03. The Labute approximate surface area is 165 Å². The zero-order valence-corrected chi connectivity index (χ0v) is 15.7. The Hall–Kier alpha value is -3.23. The summed E-state index contributed by atoms with van der Waals surface area (Å²) >= 11 is 0. The zero-order chi connectivity index (χ0) is 21.2. The number of halogens is 3. The molecule has 1 N–H and O–H groups in total. The van der Waals surface area contributed by atoms with Gasteiger partial charge in [0, 0.05) is 42.5 Å². The second kappa shape index (κ2) is 8.02. The van der Waals surface area contributed by atoms with Crippen LogP contribution in [0.2, 0.25) is 0 Å². The van der Waals surface area contributed by atoms with E-state index in [1.165, 1.54) is 31.3 Å². The van der Waals surface area contributed by atoms with Gasteiger partial charge in [-0.1, -0.05) is 6.07 Å². The largest absolute Gasteiger partial charge is 0.497 e. The lowest BCUT2D eigenvalue weighted by molar-refractivity contribution is -0.137. The number of hydrogen-bond acceptors (Lipinski definition) is 4. The number of hydrogen-bond donors (Lipinski definition) is 1. The van der Waals surface area contributed by atoms with Crippen molar-refractivity contribution in [3.05, 3.63) is 48.0 Å².